The quantitative estimate of drug-likeness (QED) is 0.678. The molecule has 0 spiro atoms. The first-order chi connectivity index (χ1) is 6.44. The van der Waals surface area contributed by atoms with Crippen molar-refractivity contribution in [3.05, 3.63) is 29.3 Å². The van der Waals surface area contributed by atoms with Gasteiger partial charge in [-0.05, 0) is 37.6 Å². The highest BCUT2D eigenvalue weighted by Crippen LogP contribution is 2.38. The average Bonchev–Trinajstić information content (AvgIpc) is 2.29. The molecule has 3 heteroatoms. The van der Waals surface area contributed by atoms with Crippen LogP contribution in [0.4, 0.5) is 0 Å². The summed E-state index contributed by atoms with van der Waals surface area (Å²) in [5, 5.41) is 9.37. The summed E-state index contributed by atoms with van der Waals surface area (Å²) >= 11 is 0. The third-order valence-corrected chi connectivity index (χ3v) is 3.04. The van der Waals surface area contributed by atoms with E-state index in [0.717, 1.165) is 5.56 Å². The number of nitrogens with zero attached hydrogens (tertiary/aromatic N) is 1. The number of hydrogen-bond donors (Lipinski definition) is 1. The van der Waals surface area contributed by atoms with Crippen molar-refractivity contribution in [2.75, 3.05) is 7.05 Å². The van der Waals surface area contributed by atoms with E-state index < -0.39 is 0 Å². The van der Waals surface area contributed by atoms with Crippen LogP contribution in [-0.2, 0) is 5.54 Å². The maximum atomic E-state index is 11.8. The second-order valence-corrected chi connectivity index (χ2v) is 4.15. The maximum absolute atomic E-state index is 11.8. The fraction of sp³-hybridized carbons (Fsp3) is 0.364. The number of amides is 1. The lowest BCUT2D eigenvalue weighted by Gasteiger charge is -2.28. The lowest BCUT2D eigenvalue weighted by Crippen LogP contribution is -2.35. The maximum Gasteiger partial charge on any atom is 0.254 e. The largest absolute Gasteiger partial charge is 0.508 e. The fourth-order valence-electron chi connectivity index (χ4n) is 1.84. The second-order valence-electron chi connectivity index (χ2n) is 4.15. The summed E-state index contributed by atoms with van der Waals surface area (Å²) < 4.78 is 0. The van der Waals surface area contributed by atoms with Crippen molar-refractivity contribution in [1.82, 2.24) is 4.90 Å². The Morgan fingerprint density at radius 1 is 1.36 bits per heavy atom. The summed E-state index contributed by atoms with van der Waals surface area (Å²) in [4.78, 5) is 13.5. The molecule has 74 valence electrons. The number of rotatable bonds is 0. The van der Waals surface area contributed by atoms with E-state index in [1.165, 1.54) is 0 Å². The molecule has 14 heavy (non-hydrogen) atoms. The van der Waals surface area contributed by atoms with E-state index in [9.17, 15) is 9.90 Å². The van der Waals surface area contributed by atoms with Crippen LogP contribution in [0.3, 0.4) is 0 Å². The average molecular weight is 191 g/mol. The van der Waals surface area contributed by atoms with E-state index in [2.05, 4.69) is 0 Å². The van der Waals surface area contributed by atoms with Crippen LogP contribution < -0.4 is 0 Å². The number of carbonyl (C=O) groups is 1. The molecule has 0 bridgehead atoms. The van der Waals surface area contributed by atoms with Crippen molar-refractivity contribution >= 4 is 5.91 Å². The first kappa shape index (κ1) is 9.06. The Balaban J connectivity index is 2.69. The molecule has 1 N–H and O–H groups in total. The molecule has 0 saturated carbocycles. The molecule has 1 aliphatic heterocycles. The van der Waals surface area contributed by atoms with Crippen LogP contribution in [0.1, 0.15) is 29.8 Å². The van der Waals surface area contributed by atoms with Gasteiger partial charge in [-0.2, -0.15) is 0 Å². The van der Waals surface area contributed by atoms with Gasteiger partial charge in [-0.3, -0.25) is 4.79 Å². The molecular weight excluding hydrogens is 178 g/mol. The van der Waals surface area contributed by atoms with Gasteiger partial charge < -0.3 is 10.0 Å². The first-order valence-corrected chi connectivity index (χ1v) is 4.56. The van der Waals surface area contributed by atoms with Crippen LogP contribution in [0.25, 0.3) is 0 Å². The van der Waals surface area contributed by atoms with E-state index in [-0.39, 0.29) is 17.2 Å². The van der Waals surface area contributed by atoms with Gasteiger partial charge in [-0.1, -0.05) is 0 Å². The Morgan fingerprint density at radius 2 is 2.00 bits per heavy atom. The Morgan fingerprint density at radius 3 is 2.64 bits per heavy atom. The lowest BCUT2D eigenvalue weighted by molar-refractivity contribution is 0.0691. The zero-order valence-electron chi connectivity index (χ0n) is 8.53. The van der Waals surface area contributed by atoms with Crippen LogP contribution >= 0.6 is 0 Å². The fourth-order valence-corrected chi connectivity index (χ4v) is 1.84. The van der Waals surface area contributed by atoms with Crippen molar-refractivity contribution in [3.63, 3.8) is 0 Å². The Hall–Kier alpha value is -1.51. The number of phenolic OH excluding ortho intramolecular Hbond substituents is 1. The smallest absolute Gasteiger partial charge is 0.254 e. The van der Waals surface area contributed by atoms with Gasteiger partial charge in [0.25, 0.3) is 5.91 Å². The van der Waals surface area contributed by atoms with Gasteiger partial charge in [-0.15, -0.1) is 0 Å². The van der Waals surface area contributed by atoms with Crippen molar-refractivity contribution in [1.29, 1.82) is 0 Å². The van der Waals surface area contributed by atoms with Crippen molar-refractivity contribution < 1.29 is 9.90 Å². The summed E-state index contributed by atoms with van der Waals surface area (Å²) in [5.41, 5.74) is 1.26. The first-order valence-electron chi connectivity index (χ1n) is 4.56. The minimum atomic E-state index is -0.328. The number of carbonyl (C=O) groups excluding carboxylic acids is 1. The second kappa shape index (κ2) is 2.50. The number of phenols is 1. The van der Waals surface area contributed by atoms with Crippen LogP contribution in [0, 0.1) is 0 Å². The highest BCUT2D eigenvalue weighted by Gasteiger charge is 2.40. The summed E-state index contributed by atoms with van der Waals surface area (Å²) in [7, 11) is 1.78. The van der Waals surface area contributed by atoms with Crippen LogP contribution in [0.15, 0.2) is 18.2 Å². The minimum absolute atomic E-state index is 0.0185. The molecule has 0 fully saturated rings. The van der Waals surface area contributed by atoms with Crippen LogP contribution in [-0.4, -0.2) is 23.0 Å². The highest BCUT2D eigenvalue weighted by atomic mass is 16.3. The molecule has 2 rings (SSSR count). The van der Waals surface area contributed by atoms with E-state index in [1.54, 1.807) is 30.1 Å². The topological polar surface area (TPSA) is 40.5 Å². The standard InChI is InChI=1S/C11H13NO2/c1-11(2)9-6-7(13)4-5-8(9)10(14)12(11)3/h4-6,13H,1-3H3. The van der Waals surface area contributed by atoms with Crippen molar-refractivity contribution in [2.45, 2.75) is 19.4 Å². The van der Waals surface area contributed by atoms with Gasteiger partial charge in [0, 0.05) is 12.6 Å². The number of hydrogen-bond acceptors (Lipinski definition) is 2. The van der Waals surface area contributed by atoms with E-state index >= 15 is 0 Å². The normalized spacial score (nSPS) is 18.5. The van der Waals surface area contributed by atoms with Crippen molar-refractivity contribution in [3.8, 4) is 5.75 Å². The zero-order chi connectivity index (χ0) is 10.5. The number of aromatic hydroxyl groups is 1. The summed E-state index contributed by atoms with van der Waals surface area (Å²) in [6.07, 6.45) is 0. The van der Waals surface area contributed by atoms with Crippen molar-refractivity contribution in [2.24, 2.45) is 0 Å². The molecule has 0 saturated heterocycles. The molecular formula is C11H13NO2. The molecule has 1 heterocycles. The molecule has 1 aromatic carbocycles. The van der Waals surface area contributed by atoms with Crippen LogP contribution in [0.5, 0.6) is 5.75 Å². The van der Waals surface area contributed by atoms with Gasteiger partial charge in [-0.25, -0.2) is 0 Å². The number of fused-ring (bicyclic) bond motifs is 1. The molecule has 1 aromatic rings. The van der Waals surface area contributed by atoms with Gasteiger partial charge in [0.15, 0.2) is 0 Å². The van der Waals surface area contributed by atoms with Gasteiger partial charge in [0.1, 0.15) is 5.75 Å². The Kier molecular flexibility index (Phi) is 1.62. The van der Waals surface area contributed by atoms with E-state index in [1.807, 2.05) is 13.8 Å². The molecule has 0 atom stereocenters. The summed E-state index contributed by atoms with van der Waals surface area (Å²) in [6.45, 7) is 3.94. The molecule has 0 aliphatic carbocycles. The highest BCUT2D eigenvalue weighted by molar-refractivity contribution is 5.99. The molecule has 1 aliphatic rings. The SMILES string of the molecule is CN1C(=O)c2ccc(O)cc2C1(C)C. The monoisotopic (exact) mass is 191 g/mol. The molecule has 0 unspecified atom stereocenters. The predicted octanol–water partition coefficient (Wildman–Crippen LogP) is 1.71. The zero-order valence-corrected chi connectivity index (χ0v) is 8.53. The molecule has 1 amide bonds. The van der Waals surface area contributed by atoms with E-state index in [0.29, 0.717) is 5.56 Å². The molecule has 0 radical (unpaired) electrons. The molecule has 3 nitrogen and oxygen atoms in total. The van der Waals surface area contributed by atoms with E-state index in [4.69, 9.17) is 0 Å². The van der Waals surface area contributed by atoms with Gasteiger partial charge in [0.05, 0.1) is 5.54 Å². The minimum Gasteiger partial charge on any atom is -0.508 e. The lowest BCUT2D eigenvalue weighted by atomic mass is 9.94. The third-order valence-electron chi connectivity index (χ3n) is 3.04. The Bertz CT molecular complexity index is 410. The Labute approximate surface area is 83.0 Å². The van der Waals surface area contributed by atoms with Crippen LogP contribution in [0.2, 0.25) is 0 Å². The summed E-state index contributed by atoms with van der Waals surface area (Å²) in [6, 6.07) is 4.89. The third kappa shape index (κ3) is 0.953. The number of benzene rings is 1. The van der Waals surface area contributed by atoms with Gasteiger partial charge in [0.2, 0.25) is 0 Å². The van der Waals surface area contributed by atoms with Gasteiger partial charge >= 0.3 is 0 Å². The predicted molar refractivity (Wildman–Crippen MR) is 53.2 cm³/mol. The molecule has 0 aromatic heterocycles. The summed E-state index contributed by atoms with van der Waals surface area (Å²) in [5.74, 6) is 0.227.